The van der Waals surface area contributed by atoms with Crippen molar-refractivity contribution in [3.8, 4) is 0 Å². The topological polar surface area (TPSA) is 109 Å². The van der Waals surface area contributed by atoms with Crippen LogP contribution in [0.2, 0.25) is 5.02 Å². The maximum Gasteiger partial charge on any atom is 0.309 e. The summed E-state index contributed by atoms with van der Waals surface area (Å²) in [5, 5.41) is 6.38. The normalized spacial score (nSPS) is 20.0. The Bertz CT molecular complexity index is 1140. The molecule has 2 aromatic rings. The van der Waals surface area contributed by atoms with Gasteiger partial charge in [-0.3, -0.25) is 9.59 Å². The van der Waals surface area contributed by atoms with E-state index in [9.17, 15) is 18.0 Å². The monoisotopic (exact) mass is 493 g/mol. The van der Waals surface area contributed by atoms with Crippen LogP contribution in [0, 0.1) is 5.92 Å². The standard InChI is InChI=1S/C22H24ClN3O6S/c1-33(29,30)25-10-8-16(9-11-25)22(28)32-14-21(27)26-19(20-3-2-12-31-20)13-18(24-26)15-4-6-17(23)7-5-15/h2-7,12,16,19H,8-11,13-14H2,1H3. The molecule has 0 radical (unpaired) electrons. The third-order valence-electron chi connectivity index (χ3n) is 5.81. The van der Waals surface area contributed by atoms with Gasteiger partial charge in [0.2, 0.25) is 10.0 Å². The van der Waals surface area contributed by atoms with Crippen LogP contribution in [-0.2, 0) is 24.3 Å². The number of hydrazone groups is 1. The summed E-state index contributed by atoms with van der Waals surface area (Å²) in [6, 6.07) is 10.2. The van der Waals surface area contributed by atoms with Crippen LogP contribution in [-0.4, -0.2) is 61.3 Å². The minimum atomic E-state index is -3.28. The van der Waals surface area contributed by atoms with Crippen LogP contribution in [0.1, 0.15) is 36.6 Å². The molecule has 1 atom stereocenters. The second-order valence-corrected chi connectivity index (χ2v) is 10.5. The summed E-state index contributed by atoms with van der Waals surface area (Å²) >= 11 is 5.97. The quantitative estimate of drug-likeness (QED) is 0.572. The van der Waals surface area contributed by atoms with Gasteiger partial charge in [-0.2, -0.15) is 5.10 Å². The van der Waals surface area contributed by atoms with Gasteiger partial charge >= 0.3 is 5.97 Å². The lowest BCUT2D eigenvalue weighted by Gasteiger charge is -2.29. The molecule has 4 rings (SSSR count). The Morgan fingerprint density at radius 1 is 1.18 bits per heavy atom. The number of amides is 1. The minimum Gasteiger partial charge on any atom is -0.467 e. The molecule has 3 heterocycles. The lowest BCUT2D eigenvalue weighted by molar-refractivity contribution is -0.157. The number of nitrogens with zero attached hydrogens (tertiary/aromatic N) is 3. The summed E-state index contributed by atoms with van der Waals surface area (Å²) < 4.78 is 35.4. The van der Waals surface area contributed by atoms with E-state index in [0.717, 1.165) is 11.8 Å². The van der Waals surface area contributed by atoms with Gasteiger partial charge in [-0.1, -0.05) is 23.7 Å². The maximum atomic E-state index is 12.9. The van der Waals surface area contributed by atoms with E-state index in [2.05, 4.69) is 5.10 Å². The highest BCUT2D eigenvalue weighted by molar-refractivity contribution is 7.88. The van der Waals surface area contributed by atoms with Gasteiger partial charge in [0.15, 0.2) is 6.61 Å². The Kier molecular flexibility index (Phi) is 6.87. The first-order chi connectivity index (χ1) is 15.7. The molecule has 1 unspecified atom stereocenters. The Labute approximate surface area is 197 Å². The summed E-state index contributed by atoms with van der Waals surface area (Å²) in [5.41, 5.74) is 1.53. The highest BCUT2D eigenvalue weighted by atomic mass is 35.5. The second kappa shape index (κ2) is 9.66. The molecule has 176 valence electrons. The van der Waals surface area contributed by atoms with Crippen molar-refractivity contribution in [3.63, 3.8) is 0 Å². The van der Waals surface area contributed by atoms with Crippen molar-refractivity contribution in [3.05, 3.63) is 59.0 Å². The van der Waals surface area contributed by atoms with Gasteiger partial charge in [0, 0.05) is 24.5 Å². The van der Waals surface area contributed by atoms with Gasteiger partial charge in [-0.05, 0) is 42.7 Å². The number of hydrogen-bond acceptors (Lipinski definition) is 7. The Morgan fingerprint density at radius 2 is 1.88 bits per heavy atom. The smallest absolute Gasteiger partial charge is 0.309 e. The van der Waals surface area contributed by atoms with E-state index in [1.165, 1.54) is 15.6 Å². The fourth-order valence-corrected chi connectivity index (χ4v) is 5.00. The molecule has 1 fully saturated rings. The largest absolute Gasteiger partial charge is 0.467 e. The molecule has 0 N–H and O–H groups in total. The van der Waals surface area contributed by atoms with E-state index in [1.807, 2.05) is 12.1 Å². The van der Waals surface area contributed by atoms with E-state index in [1.54, 1.807) is 24.3 Å². The molecule has 0 saturated carbocycles. The van der Waals surface area contributed by atoms with Crippen LogP contribution in [0.15, 0.2) is 52.2 Å². The molecular formula is C22H24ClN3O6S. The number of sulfonamides is 1. The summed E-state index contributed by atoms with van der Waals surface area (Å²) in [6.07, 6.45) is 3.84. The van der Waals surface area contributed by atoms with Crippen molar-refractivity contribution in [2.75, 3.05) is 26.0 Å². The molecule has 2 aliphatic rings. The zero-order chi connectivity index (χ0) is 23.6. The van der Waals surface area contributed by atoms with Crippen molar-refractivity contribution in [2.45, 2.75) is 25.3 Å². The van der Waals surface area contributed by atoms with Crippen LogP contribution < -0.4 is 0 Å². The molecule has 0 bridgehead atoms. The molecule has 0 spiro atoms. The van der Waals surface area contributed by atoms with E-state index >= 15 is 0 Å². The predicted octanol–water partition coefficient (Wildman–Crippen LogP) is 2.83. The third kappa shape index (κ3) is 5.45. The zero-order valence-corrected chi connectivity index (χ0v) is 19.6. The Balaban J connectivity index is 1.41. The number of hydrogen-bond donors (Lipinski definition) is 0. The SMILES string of the molecule is CS(=O)(=O)N1CCC(C(=O)OCC(=O)N2N=C(c3ccc(Cl)cc3)CC2c2ccco2)CC1. The van der Waals surface area contributed by atoms with Gasteiger partial charge in [-0.25, -0.2) is 17.7 Å². The van der Waals surface area contributed by atoms with E-state index in [0.29, 0.717) is 35.8 Å². The first-order valence-electron chi connectivity index (χ1n) is 10.5. The average molecular weight is 494 g/mol. The summed E-state index contributed by atoms with van der Waals surface area (Å²) in [5.74, 6) is -0.839. The summed E-state index contributed by atoms with van der Waals surface area (Å²) in [6.45, 7) is 0.0572. The van der Waals surface area contributed by atoms with Gasteiger partial charge in [0.25, 0.3) is 5.91 Å². The molecule has 1 aromatic carbocycles. The van der Waals surface area contributed by atoms with Crippen LogP contribution in [0.3, 0.4) is 0 Å². The average Bonchev–Trinajstić information content (AvgIpc) is 3.47. The van der Waals surface area contributed by atoms with Crippen molar-refractivity contribution >= 4 is 39.2 Å². The molecular weight excluding hydrogens is 470 g/mol. The number of ether oxygens (including phenoxy) is 1. The highest BCUT2D eigenvalue weighted by Crippen LogP contribution is 2.33. The van der Waals surface area contributed by atoms with Crippen molar-refractivity contribution in [1.29, 1.82) is 0 Å². The molecule has 33 heavy (non-hydrogen) atoms. The van der Waals surface area contributed by atoms with Gasteiger partial charge in [0.05, 0.1) is 24.1 Å². The number of benzene rings is 1. The molecule has 1 amide bonds. The number of rotatable bonds is 6. The lowest BCUT2D eigenvalue weighted by Crippen LogP contribution is -2.40. The number of esters is 1. The number of furan rings is 1. The number of carbonyl (C=O) groups excluding carboxylic acids is 2. The molecule has 1 saturated heterocycles. The van der Waals surface area contributed by atoms with Gasteiger partial charge in [0.1, 0.15) is 11.8 Å². The highest BCUT2D eigenvalue weighted by Gasteiger charge is 2.36. The van der Waals surface area contributed by atoms with Crippen molar-refractivity contribution in [1.82, 2.24) is 9.31 Å². The maximum absolute atomic E-state index is 12.9. The van der Waals surface area contributed by atoms with Crippen LogP contribution in [0.25, 0.3) is 0 Å². The van der Waals surface area contributed by atoms with E-state index in [-0.39, 0.29) is 13.1 Å². The van der Waals surface area contributed by atoms with Crippen LogP contribution in [0.5, 0.6) is 0 Å². The summed E-state index contributed by atoms with van der Waals surface area (Å²) in [7, 11) is -3.28. The third-order valence-corrected chi connectivity index (χ3v) is 7.36. The second-order valence-electron chi connectivity index (χ2n) is 8.07. The lowest BCUT2D eigenvalue weighted by atomic mass is 9.98. The van der Waals surface area contributed by atoms with Crippen molar-refractivity contribution in [2.24, 2.45) is 11.0 Å². The van der Waals surface area contributed by atoms with Crippen LogP contribution in [0.4, 0.5) is 0 Å². The Hall–Kier alpha value is -2.69. The van der Waals surface area contributed by atoms with Crippen LogP contribution >= 0.6 is 11.6 Å². The number of halogens is 1. The van der Waals surface area contributed by atoms with Crippen molar-refractivity contribution < 1.29 is 27.2 Å². The van der Waals surface area contributed by atoms with E-state index < -0.39 is 40.5 Å². The minimum absolute atomic E-state index is 0.258. The predicted molar refractivity (Wildman–Crippen MR) is 121 cm³/mol. The zero-order valence-electron chi connectivity index (χ0n) is 18.0. The molecule has 0 aliphatic carbocycles. The molecule has 9 nitrogen and oxygen atoms in total. The fourth-order valence-electron chi connectivity index (χ4n) is 4.00. The van der Waals surface area contributed by atoms with Gasteiger partial charge in [-0.15, -0.1) is 0 Å². The first-order valence-corrected chi connectivity index (χ1v) is 12.8. The number of carbonyl (C=O) groups is 2. The fraction of sp³-hybridized carbons (Fsp3) is 0.409. The summed E-state index contributed by atoms with van der Waals surface area (Å²) in [4.78, 5) is 25.4. The number of piperidine rings is 1. The van der Waals surface area contributed by atoms with E-state index in [4.69, 9.17) is 20.8 Å². The molecule has 1 aromatic heterocycles. The first kappa shape index (κ1) is 23.5. The molecule has 2 aliphatic heterocycles. The Morgan fingerprint density at radius 3 is 2.48 bits per heavy atom. The van der Waals surface area contributed by atoms with Gasteiger partial charge < -0.3 is 9.15 Å². The molecule has 11 heteroatoms.